The Balaban J connectivity index is 2.15. The molecule has 0 spiro atoms. The summed E-state index contributed by atoms with van der Waals surface area (Å²) in [6.07, 6.45) is 1.28. The van der Waals surface area contributed by atoms with Gasteiger partial charge in [0.25, 0.3) is 0 Å². The van der Waals surface area contributed by atoms with Crippen molar-refractivity contribution in [2.45, 2.75) is 25.8 Å². The van der Waals surface area contributed by atoms with E-state index in [9.17, 15) is 0 Å². The lowest BCUT2D eigenvalue weighted by atomic mass is 10.1. The molecule has 1 aromatic rings. The summed E-state index contributed by atoms with van der Waals surface area (Å²) < 4.78 is 0. The molecule has 0 aromatic heterocycles. The first kappa shape index (κ1) is 5.64. The van der Waals surface area contributed by atoms with Gasteiger partial charge in [0.05, 0.1) is 0 Å². The zero-order valence-corrected chi connectivity index (χ0v) is 6.65. The number of nitrogens with one attached hydrogen (secondary N) is 1. The maximum Gasteiger partial charge on any atom is 0.0424 e. The van der Waals surface area contributed by atoms with Crippen LogP contribution in [0.4, 0.5) is 5.69 Å². The first-order chi connectivity index (χ1) is 5.42. The Morgan fingerprint density at radius 1 is 1.55 bits per heavy atom. The predicted molar refractivity (Wildman–Crippen MR) is 45.9 cm³/mol. The van der Waals surface area contributed by atoms with E-state index in [1.165, 1.54) is 12.1 Å². The third-order valence-corrected chi connectivity index (χ3v) is 2.90. The fourth-order valence-corrected chi connectivity index (χ4v) is 2.15. The summed E-state index contributed by atoms with van der Waals surface area (Å²) in [4.78, 5) is 0. The smallest absolute Gasteiger partial charge is 0.0424 e. The summed E-state index contributed by atoms with van der Waals surface area (Å²) in [5.41, 5.74) is 6.23. The number of fused-ring (bicyclic) bond motifs is 3. The van der Waals surface area contributed by atoms with Crippen LogP contribution in [0.2, 0.25) is 0 Å². The maximum absolute atomic E-state index is 3.31. The first-order valence-electron chi connectivity index (χ1n) is 4.31. The van der Waals surface area contributed by atoms with Gasteiger partial charge in [0, 0.05) is 18.2 Å². The molecule has 1 heterocycles. The highest BCUT2D eigenvalue weighted by Crippen LogP contribution is 2.52. The van der Waals surface area contributed by atoms with Crippen molar-refractivity contribution in [3.8, 4) is 0 Å². The predicted octanol–water partition coefficient (Wildman–Crippen LogP) is 2.47. The second-order valence-electron chi connectivity index (χ2n) is 3.41. The van der Waals surface area contributed by atoms with Crippen molar-refractivity contribution in [1.29, 1.82) is 0 Å². The van der Waals surface area contributed by atoms with E-state index in [-0.39, 0.29) is 0 Å². The van der Waals surface area contributed by atoms with Crippen LogP contribution in [-0.4, -0.2) is 0 Å². The third-order valence-electron chi connectivity index (χ3n) is 2.90. The van der Waals surface area contributed by atoms with Crippen molar-refractivity contribution < 1.29 is 0 Å². The Morgan fingerprint density at radius 2 is 2.45 bits per heavy atom. The summed E-state index contributed by atoms with van der Waals surface area (Å²) in [5, 5.41) is 3.31. The molecule has 11 heavy (non-hydrogen) atoms. The van der Waals surface area contributed by atoms with Crippen LogP contribution in [0.25, 0.3) is 0 Å². The highest BCUT2D eigenvalue weighted by Gasteiger charge is 2.36. The number of rotatable bonds is 1. The third kappa shape index (κ3) is 0.528. The van der Waals surface area contributed by atoms with Crippen LogP contribution in [0.1, 0.15) is 36.0 Å². The van der Waals surface area contributed by atoms with E-state index in [2.05, 4.69) is 24.4 Å². The molecule has 1 unspecified atom stereocenters. The molecule has 1 aliphatic heterocycles. The molecule has 2 aliphatic rings. The molecular formula is C10H11N. The summed E-state index contributed by atoms with van der Waals surface area (Å²) in [6.45, 7) is 3.37. The molecule has 1 atom stereocenters. The van der Waals surface area contributed by atoms with Crippen LogP contribution in [0.5, 0.6) is 0 Å². The van der Waals surface area contributed by atoms with Gasteiger partial charge >= 0.3 is 0 Å². The van der Waals surface area contributed by atoms with Gasteiger partial charge in [0.15, 0.2) is 0 Å². The highest BCUT2D eigenvalue weighted by molar-refractivity contribution is 5.72. The molecule has 1 N–H and O–H groups in total. The molecule has 1 aliphatic carbocycles. The SMILES string of the molecule is CCC1c2ccc3c(c21)CN3. The van der Waals surface area contributed by atoms with Crippen LogP contribution in [0.3, 0.4) is 0 Å². The van der Waals surface area contributed by atoms with Gasteiger partial charge < -0.3 is 5.32 Å². The minimum absolute atomic E-state index is 0.820. The van der Waals surface area contributed by atoms with Crippen molar-refractivity contribution in [2.75, 3.05) is 5.32 Å². The van der Waals surface area contributed by atoms with Crippen LogP contribution in [-0.2, 0) is 6.54 Å². The van der Waals surface area contributed by atoms with Crippen molar-refractivity contribution in [2.24, 2.45) is 0 Å². The van der Waals surface area contributed by atoms with Gasteiger partial charge in [-0.3, -0.25) is 0 Å². The Kier molecular flexibility index (Phi) is 0.823. The lowest BCUT2D eigenvalue weighted by molar-refractivity contribution is 0.896. The molecule has 56 valence electrons. The van der Waals surface area contributed by atoms with Gasteiger partial charge in [-0.05, 0) is 29.2 Å². The van der Waals surface area contributed by atoms with Gasteiger partial charge in [-0.2, -0.15) is 0 Å². The first-order valence-corrected chi connectivity index (χ1v) is 4.31. The zero-order chi connectivity index (χ0) is 7.42. The number of hydrogen-bond acceptors (Lipinski definition) is 1. The van der Waals surface area contributed by atoms with E-state index in [0.717, 1.165) is 12.5 Å². The van der Waals surface area contributed by atoms with E-state index in [0.29, 0.717) is 0 Å². The van der Waals surface area contributed by atoms with E-state index >= 15 is 0 Å². The van der Waals surface area contributed by atoms with E-state index in [4.69, 9.17) is 0 Å². The molecular weight excluding hydrogens is 134 g/mol. The topological polar surface area (TPSA) is 12.0 Å². The quantitative estimate of drug-likeness (QED) is 0.640. The van der Waals surface area contributed by atoms with Gasteiger partial charge in [0.2, 0.25) is 0 Å². The second-order valence-corrected chi connectivity index (χ2v) is 3.41. The van der Waals surface area contributed by atoms with Gasteiger partial charge in [0.1, 0.15) is 0 Å². The monoisotopic (exact) mass is 145 g/mol. The molecule has 0 amide bonds. The van der Waals surface area contributed by atoms with E-state index in [1.807, 2.05) is 0 Å². The summed E-state index contributed by atoms with van der Waals surface area (Å²) in [7, 11) is 0. The van der Waals surface area contributed by atoms with Crippen molar-refractivity contribution in [1.82, 2.24) is 0 Å². The number of anilines is 1. The minimum Gasteiger partial charge on any atom is -0.381 e. The fraction of sp³-hybridized carbons (Fsp3) is 0.400. The lowest BCUT2D eigenvalue weighted by Gasteiger charge is -2.20. The van der Waals surface area contributed by atoms with Crippen LogP contribution in [0.15, 0.2) is 12.1 Å². The van der Waals surface area contributed by atoms with E-state index < -0.39 is 0 Å². The second kappa shape index (κ2) is 1.60. The summed E-state index contributed by atoms with van der Waals surface area (Å²) >= 11 is 0. The standard InChI is InChI=1S/C10H11N/c1-2-6-7-3-4-9-8(5-11-9)10(6)7/h3-4,6,11H,2,5H2,1H3. The Morgan fingerprint density at radius 3 is 3.09 bits per heavy atom. The normalized spacial score (nSPS) is 22.8. The van der Waals surface area contributed by atoms with E-state index in [1.54, 1.807) is 16.7 Å². The molecule has 0 radical (unpaired) electrons. The molecule has 0 fully saturated rings. The summed E-state index contributed by atoms with van der Waals surface area (Å²) in [5.74, 6) is 0.820. The number of hydrogen-bond donors (Lipinski definition) is 1. The minimum atomic E-state index is 0.820. The zero-order valence-electron chi connectivity index (χ0n) is 6.65. The fourth-order valence-electron chi connectivity index (χ4n) is 2.15. The number of benzene rings is 1. The average molecular weight is 145 g/mol. The summed E-state index contributed by atoms with van der Waals surface area (Å²) in [6, 6.07) is 4.49. The molecule has 1 aromatic carbocycles. The molecule has 3 rings (SSSR count). The Hall–Kier alpha value is -0.980. The lowest BCUT2D eigenvalue weighted by Crippen LogP contribution is -2.12. The van der Waals surface area contributed by atoms with Gasteiger partial charge in [-0.25, -0.2) is 0 Å². The molecule has 0 saturated heterocycles. The highest BCUT2D eigenvalue weighted by atomic mass is 14.9. The molecule has 1 heteroatoms. The van der Waals surface area contributed by atoms with Crippen molar-refractivity contribution in [3.05, 3.63) is 28.8 Å². The van der Waals surface area contributed by atoms with Gasteiger partial charge in [-0.15, -0.1) is 0 Å². The van der Waals surface area contributed by atoms with Crippen molar-refractivity contribution >= 4 is 5.69 Å². The van der Waals surface area contributed by atoms with Crippen LogP contribution >= 0.6 is 0 Å². The molecule has 0 bridgehead atoms. The maximum atomic E-state index is 3.31. The average Bonchev–Trinajstić information content (AvgIpc) is 2.61. The largest absolute Gasteiger partial charge is 0.381 e. The molecule has 1 nitrogen and oxygen atoms in total. The van der Waals surface area contributed by atoms with Gasteiger partial charge in [-0.1, -0.05) is 13.0 Å². The van der Waals surface area contributed by atoms with Crippen LogP contribution in [0, 0.1) is 0 Å². The Labute approximate surface area is 66.4 Å². The van der Waals surface area contributed by atoms with Crippen LogP contribution < -0.4 is 5.32 Å². The van der Waals surface area contributed by atoms with Crippen molar-refractivity contribution in [3.63, 3.8) is 0 Å². The Bertz CT molecular complexity index is 328. The molecule has 0 saturated carbocycles.